The Morgan fingerprint density at radius 1 is 1.11 bits per heavy atom. The van der Waals surface area contributed by atoms with Crippen molar-refractivity contribution in [3.63, 3.8) is 0 Å². The van der Waals surface area contributed by atoms with Gasteiger partial charge in [-0.05, 0) is 56.0 Å². The Balaban J connectivity index is 1.46. The van der Waals surface area contributed by atoms with Crippen molar-refractivity contribution in [1.29, 1.82) is 0 Å². The molecule has 0 spiro atoms. The third-order valence-corrected chi connectivity index (χ3v) is 7.91. The molecule has 2 fully saturated rings. The molecule has 0 radical (unpaired) electrons. The molecule has 2 aliphatic rings. The van der Waals surface area contributed by atoms with Crippen LogP contribution in [0.1, 0.15) is 35.2 Å². The van der Waals surface area contributed by atoms with Crippen LogP contribution in [0.3, 0.4) is 0 Å². The summed E-state index contributed by atoms with van der Waals surface area (Å²) in [5.74, 6) is -0.271. The van der Waals surface area contributed by atoms with E-state index in [9.17, 15) is 14.9 Å². The summed E-state index contributed by atoms with van der Waals surface area (Å²) in [6, 6.07) is 10.9. The summed E-state index contributed by atoms with van der Waals surface area (Å²) < 4.78 is 6.47. The van der Waals surface area contributed by atoms with Gasteiger partial charge in [0, 0.05) is 50.9 Å². The van der Waals surface area contributed by atoms with Crippen LogP contribution in [0, 0.1) is 17.0 Å². The number of carbonyl (C=O) groups excluding carboxylic acids is 1. The fraction of sp³-hybridized carbons (Fsp3) is 0.462. The van der Waals surface area contributed by atoms with Gasteiger partial charge in [-0.1, -0.05) is 17.4 Å². The monoisotopic (exact) mass is 509 g/mol. The Bertz CT molecular complexity index is 1250. The second-order valence-corrected chi connectivity index (χ2v) is 10.4. The number of nitrogens with zero attached hydrogens (tertiary/aromatic N) is 5. The molecule has 2 saturated heterocycles. The van der Waals surface area contributed by atoms with E-state index in [4.69, 9.17) is 9.72 Å². The minimum atomic E-state index is -0.376. The fourth-order valence-electron chi connectivity index (χ4n) is 4.85. The molecule has 10 heteroatoms. The van der Waals surface area contributed by atoms with Crippen LogP contribution in [0.5, 0.6) is 0 Å². The normalized spacial score (nSPS) is 16.9. The number of thiazole rings is 1. The van der Waals surface area contributed by atoms with E-state index >= 15 is 0 Å². The highest BCUT2D eigenvalue weighted by molar-refractivity contribution is 7.22. The van der Waals surface area contributed by atoms with E-state index in [-0.39, 0.29) is 16.5 Å². The molecule has 2 aliphatic heterocycles. The molecule has 190 valence electrons. The minimum absolute atomic E-state index is 0.0178. The van der Waals surface area contributed by atoms with Crippen molar-refractivity contribution in [3.8, 4) is 0 Å². The number of rotatable bonds is 7. The number of anilines is 2. The smallest absolute Gasteiger partial charge is 0.293 e. The molecule has 5 rings (SSSR count). The van der Waals surface area contributed by atoms with Crippen LogP contribution >= 0.6 is 11.3 Å². The number of morpholine rings is 1. The van der Waals surface area contributed by atoms with Gasteiger partial charge in [-0.15, -0.1) is 0 Å². The number of benzene rings is 2. The van der Waals surface area contributed by atoms with Crippen molar-refractivity contribution in [2.45, 2.75) is 26.2 Å². The van der Waals surface area contributed by atoms with Crippen LogP contribution in [-0.2, 0) is 4.74 Å². The minimum Gasteiger partial charge on any atom is -0.379 e. The average molecular weight is 510 g/mol. The van der Waals surface area contributed by atoms with Crippen LogP contribution in [0.4, 0.5) is 16.5 Å². The maximum atomic E-state index is 13.8. The van der Waals surface area contributed by atoms with Gasteiger partial charge in [-0.3, -0.25) is 24.7 Å². The van der Waals surface area contributed by atoms with E-state index in [2.05, 4.69) is 15.9 Å². The number of ether oxygens (including phenoxy) is 1. The van der Waals surface area contributed by atoms with Crippen LogP contribution in [0.2, 0.25) is 0 Å². The van der Waals surface area contributed by atoms with Gasteiger partial charge in [0.2, 0.25) is 0 Å². The molecule has 1 amide bonds. The molecule has 3 aromatic rings. The summed E-state index contributed by atoms with van der Waals surface area (Å²) in [4.78, 5) is 36.2. The van der Waals surface area contributed by atoms with Crippen molar-refractivity contribution in [3.05, 3.63) is 57.6 Å². The lowest BCUT2D eigenvalue weighted by Crippen LogP contribution is -2.43. The van der Waals surface area contributed by atoms with E-state index in [1.165, 1.54) is 17.4 Å². The quantitative estimate of drug-likeness (QED) is 0.342. The van der Waals surface area contributed by atoms with Gasteiger partial charge in [0.15, 0.2) is 5.13 Å². The highest BCUT2D eigenvalue weighted by atomic mass is 32.1. The molecule has 3 heterocycles. The lowest BCUT2D eigenvalue weighted by molar-refractivity contribution is -0.384. The van der Waals surface area contributed by atoms with Gasteiger partial charge >= 0.3 is 0 Å². The number of nitro groups is 1. The summed E-state index contributed by atoms with van der Waals surface area (Å²) in [5, 5.41) is 12.6. The maximum absolute atomic E-state index is 13.8. The number of amides is 1. The Kier molecular flexibility index (Phi) is 7.45. The molecule has 0 saturated carbocycles. The zero-order chi connectivity index (χ0) is 25.1. The molecule has 0 bridgehead atoms. The van der Waals surface area contributed by atoms with Crippen molar-refractivity contribution in [2.24, 2.45) is 0 Å². The van der Waals surface area contributed by atoms with Gasteiger partial charge in [-0.25, -0.2) is 4.98 Å². The Hall–Kier alpha value is -3.08. The van der Waals surface area contributed by atoms with E-state index in [1.54, 1.807) is 17.0 Å². The first-order valence-corrected chi connectivity index (χ1v) is 13.3. The van der Waals surface area contributed by atoms with Gasteiger partial charge < -0.3 is 9.64 Å². The summed E-state index contributed by atoms with van der Waals surface area (Å²) in [5.41, 5.74) is 2.85. The summed E-state index contributed by atoms with van der Waals surface area (Å²) in [6.45, 7) is 7.74. The third-order valence-electron chi connectivity index (χ3n) is 6.87. The standard InChI is InChI=1S/C26H31N5O4S/c1-19-5-7-21-24(17-19)36-26(27-21)30(12-11-28-13-15-35-16-14-28)25(32)20-6-8-22(23(18-20)31(33)34)29-9-3-2-4-10-29/h5-8,17-18H,2-4,9-16H2,1H3. The maximum Gasteiger partial charge on any atom is 0.293 e. The lowest BCUT2D eigenvalue weighted by Gasteiger charge is -2.30. The lowest BCUT2D eigenvalue weighted by atomic mass is 10.1. The number of aromatic nitrogens is 1. The Morgan fingerprint density at radius 3 is 2.64 bits per heavy atom. The fourth-order valence-corrected chi connectivity index (χ4v) is 5.93. The first-order valence-electron chi connectivity index (χ1n) is 12.5. The Labute approximate surface area is 214 Å². The van der Waals surface area contributed by atoms with E-state index in [1.807, 2.05) is 19.1 Å². The van der Waals surface area contributed by atoms with E-state index < -0.39 is 0 Å². The molecule has 0 N–H and O–H groups in total. The predicted molar refractivity (Wildman–Crippen MR) is 142 cm³/mol. The van der Waals surface area contributed by atoms with Crippen molar-refractivity contribution < 1.29 is 14.5 Å². The van der Waals surface area contributed by atoms with E-state index in [0.717, 1.165) is 61.2 Å². The van der Waals surface area contributed by atoms with Crippen LogP contribution in [0.15, 0.2) is 36.4 Å². The average Bonchev–Trinajstić information content (AvgIpc) is 3.32. The van der Waals surface area contributed by atoms with Crippen molar-refractivity contribution >= 4 is 44.0 Å². The number of hydrogen-bond donors (Lipinski definition) is 0. The number of piperidine rings is 1. The second kappa shape index (κ2) is 10.9. The third kappa shape index (κ3) is 5.35. The topological polar surface area (TPSA) is 92.1 Å². The van der Waals surface area contributed by atoms with Crippen molar-refractivity contribution in [1.82, 2.24) is 9.88 Å². The highest BCUT2D eigenvalue weighted by Crippen LogP contribution is 2.34. The first kappa shape index (κ1) is 24.6. The van der Waals surface area contributed by atoms with Gasteiger partial charge in [0.1, 0.15) is 5.69 Å². The van der Waals surface area contributed by atoms with Crippen molar-refractivity contribution in [2.75, 3.05) is 62.3 Å². The molecule has 36 heavy (non-hydrogen) atoms. The molecule has 9 nitrogen and oxygen atoms in total. The largest absolute Gasteiger partial charge is 0.379 e. The molecular formula is C26H31N5O4S. The van der Waals surface area contributed by atoms with Crippen LogP contribution < -0.4 is 9.80 Å². The van der Waals surface area contributed by atoms with Crippen LogP contribution in [-0.4, -0.2) is 73.2 Å². The predicted octanol–water partition coefficient (Wildman–Crippen LogP) is 4.48. The van der Waals surface area contributed by atoms with E-state index in [0.29, 0.717) is 42.7 Å². The molecule has 2 aromatic carbocycles. The summed E-state index contributed by atoms with van der Waals surface area (Å²) in [6.07, 6.45) is 3.18. The Morgan fingerprint density at radius 2 is 1.89 bits per heavy atom. The zero-order valence-electron chi connectivity index (χ0n) is 20.5. The number of fused-ring (bicyclic) bond motifs is 1. The molecule has 0 atom stereocenters. The first-order chi connectivity index (χ1) is 17.5. The number of carbonyl (C=O) groups is 1. The van der Waals surface area contributed by atoms with Gasteiger partial charge in [0.25, 0.3) is 11.6 Å². The zero-order valence-corrected chi connectivity index (χ0v) is 21.3. The molecular weight excluding hydrogens is 478 g/mol. The summed E-state index contributed by atoms with van der Waals surface area (Å²) in [7, 11) is 0. The highest BCUT2D eigenvalue weighted by Gasteiger charge is 2.27. The molecule has 1 aromatic heterocycles. The van der Waals surface area contributed by atoms with Gasteiger partial charge in [-0.2, -0.15) is 0 Å². The summed E-state index contributed by atoms with van der Waals surface area (Å²) >= 11 is 1.47. The number of nitro benzene ring substituents is 1. The number of aryl methyl sites for hydroxylation is 1. The van der Waals surface area contributed by atoms with Gasteiger partial charge in [0.05, 0.1) is 28.4 Å². The number of hydrogen-bond acceptors (Lipinski definition) is 8. The SMILES string of the molecule is Cc1ccc2nc(N(CCN3CCOCC3)C(=O)c3ccc(N4CCCCC4)c([N+](=O)[O-])c3)sc2c1. The molecule has 0 aliphatic carbocycles. The molecule has 0 unspecified atom stereocenters. The second-order valence-electron chi connectivity index (χ2n) is 9.39. The van der Waals surface area contributed by atoms with Crippen LogP contribution in [0.25, 0.3) is 10.2 Å².